The van der Waals surface area contributed by atoms with Gasteiger partial charge in [0.1, 0.15) is 5.69 Å². The van der Waals surface area contributed by atoms with Gasteiger partial charge < -0.3 is 11.1 Å². The van der Waals surface area contributed by atoms with E-state index in [-0.39, 0.29) is 5.91 Å². The summed E-state index contributed by atoms with van der Waals surface area (Å²) >= 11 is 5.86. The number of nitrogens with one attached hydrogen (secondary N) is 1. The van der Waals surface area contributed by atoms with Crippen molar-refractivity contribution in [2.75, 3.05) is 5.73 Å². The Bertz CT molecular complexity index is 554. The highest BCUT2D eigenvalue weighted by molar-refractivity contribution is 6.30. The zero-order chi connectivity index (χ0) is 13.0. The number of aromatic nitrogens is 1. The average Bonchev–Trinajstić information content (AvgIpc) is 2.37. The minimum Gasteiger partial charge on any atom is -0.397 e. The third-order valence-electron chi connectivity index (χ3n) is 2.36. The Balaban J connectivity index is 1.98. The van der Waals surface area contributed by atoms with Crippen LogP contribution in [0, 0.1) is 0 Å². The standard InChI is InChI=1S/C13H12ClN3O/c14-10-3-1-2-9(6-10)7-17-13(18)12-5-4-11(15)8-16-12/h1-6,8H,7,15H2,(H,17,18). The van der Waals surface area contributed by atoms with Crippen molar-refractivity contribution in [3.63, 3.8) is 0 Å². The first kappa shape index (κ1) is 12.4. The molecule has 0 unspecified atom stereocenters. The molecule has 92 valence electrons. The summed E-state index contributed by atoms with van der Waals surface area (Å²) in [5.41, 5.74) is 7.30. The van der Waals surface area contributed by atoms with Gasteiger partial charge in [0.25, 0.3) is 5.91 Å². The molecular formula is C13H12ClN3O. The Morgan fingerprint density at radius 1 is 1.33 bits per heavy atom. The van der Waals surface area contributed by atoms with Gasteiger partial charge in [-0.1, -0.05) is 23.7 Å². The number of rotatable bonds is 3. The number of hydrogen-bond donors (Lipinski definition) is 2. The van der Waals surface area contributed by atoms with Crippen LogP contribution in [-0.4, -0.2) is 10.9 Å². The van der Waals surface area contributed by atoms with Gasteiger partial charge in [0.05, 0.1) is 11.9 Å². The summed E-state index contributed by atoms with van der Waals surface area (Å²) in [5.74, 6) is -0.241. The zero-order valence-corrected chi connectivity index (χ0v) is 10.3. The lowest BCUT2D eigenvalue weighted by Gasteiger charge is -2.05. The lowest BCUT2D eigenvalue weighted by molar-refractivity contribution is 0.0946. The molecule has 18 heavy (non-hydrogen) atoms. The van der Waals surface area contributed by atoms with Crippen molar-refractivity contribution in [3.05, 3.63) is 58.9 Å². The summed E-state index contributed by atoms with van der Waals surface area (Å²) in [6.07, 6.45) is 1.45. The SMILES string of the molecule is Nc1ccc(C(=O)NCc2cccc(Cl)c2)nc1. The third-order valence-corrected chi connectivity index (χ3v) is 2.60. The van der Waals surface area contributed by atoms with Crippen LogP contribution >= 0.6 is 11.6 Å². The van der Waals surface area contributed by atoms with Crippen LogP contribution in [0.5, 0.6) is 0 Å². The van der Waals surface area contributed by atoms with E-state index in [1.54, 1.807) is 24.3 Å². The van der Waals surface area contributed by atoms with Gasteiger partial charge in [0, 0.05) is 11.6 Å². The number of nitrogen functional groups attached to an aromatic ring is 1. The first-order chi connectivity index (χ1) is 8.65. The van der Waals surface area contributed by atoms with Crippen molar-refractivity contribution in [3.8, 4) is 0 Å². The van der Waals surface area contributed by atoms with Gasteiger partial charge in [-0.3, -0.25) is 4.79 Å². The second kappa shape index (κ2) is 5.51. The van der Waals surface area contributed by atoms with Crippen LogP contribution in [0.2, 0.25) is 5.02 Å². The highest BCUT2D eigenvalue weighted by atomic mass is 35.5. The zero-order valence-electron chi connectivity index (χ0n) is 9.56. The van der Waals surface area contributed by atoms with Gasteiger partial charge in [-0.05, 0) is 29.8 Å². The number of carbonyl (C=O) groups excluding carboxylic acids is 1. The summed E-state index contributed by atoms with van der Waals surface area (Å²) in [7, 11) is 0. The fourth-order valence-corrected chi connectivity index (χ4v) is 1.67. The fourth-order valence-electron chi connectivity index (χ4n) is 1.46. The Kier molecular flexibility index (Phi) is 3.79. The van der Waals surface area contributed by atoms with E-state index in [0.717, 1.165) is 5.56 Å². The molecule has 5 heteroatoms. The van der Waals surface area contributed by atoms with Crippen LogP contribution in [0.15, 0.2) is 42.6 Å². The molecule has 1 aromatic heterocycles. The monoisotopic (exact) mass is 261 g/mol. The summed E-state index contributed by atoms with van der Waals surface area (Å²) < 4.78 is 0. The molecule has 0 aliphatic rings. The quantitative estimate of drug-likeness (QED) is 0.890. The molecule has 0 aliphatic carbocycles. The first-order valence-electron chi connectivity index (χ1n) is 5.39. The summed E-state index contributed by atoms with van der Waals surface area (Å²) in [6, 6.07) is 10.5. The van der Waals surface area contributed by atoms with Gasteiger partial charge in [-0.2, -0.15) is 0 Å². The van der Waals surface area contributed by atoms with Gasteiger partial charge in [0.15, 0.2) is 0 Å². The van der Waals surface area contributed by atoms with Crippen LogP contribution in [0.3, 0.4) is 0 Å². The van der Waals surface area contributed by atoms with Crippen molar-refractivity contribution in [1.82, 2.24) is 10.3 Å². The van der Waals surface area contributed by atoms with E-state index in [9.17, 15) is 4.79 Å². The van der Waals surface area contributed by atoms with E-state index in [1.807, 2.05) is 12.1 Å². The number of hydrogen-bond acceptors (Lipinski definition) is 3. The number of anilines is 1. The molecule has 3 N–H and O–H groups in total. The largest absolute Gasteiger partial charge is 0.397 e. The minimum absolute atomic E-state index is 0.241. The number of carbonyl (C=O) groups is 1. The molecule has 4 nitrogen and oxygen atoms in total. The average molecular weight is 262 g/mol. The summed E-state index contributed by atoms with van der Waals surface area (Å²) in [6.45, 7) is 0.408. The van der Waals surface area contributed by atoms with Crippen molar-refractivity contribution >= 4 is 23.2 Å². The van der Waals surface area contributed by atoms with Gasteiger partial charge in [-0.25, -0.2) is 4.98 Å². The molecule has 0 saturated heterocycles. The second-order valence-corrected chi connectivity index (χ2v) is 4.23. The smallest absolute Gasteiger partial charge is 0.270 e. The molecule has 2 rings (SSSR count). The Labute approximate surface area is 110 Å². The number of pyridine rings is 1. The molecule has 1 heterocycles. The topological polar surface area (TPSA) is 68.0 Å². The van der Waals surface area contributed by atoms with Crippen LogP contribution in [0.4, 0.5) is 5.69 Å². The molecule has 0 radical (unpaired) electrons. The van der Waals surface area contributed by atoms with E-state index in [2.05, 4.69) is 10.3 Å². The summed E-state index contributed by atoms with van der Waals surface area (Å²) in [4.78, 5) is 15.7. The molecule has 2 aromatic rings. The van der Waals surface area contributed by atoms with Gasteiger partial charge >= 0.3 is 0 Å². The molecule has 0 bridgehead atoms. The van der Waals surface area contributed by atoms with Crippen LogP contribution in [-0.2, 0) is 6.54 Å². The number of benzene rings is 1. The molecule has 0 atom stereocenters. The predicted molar refractivity (Wildman–Crippen MR) is 71.3 cm³/mol. The Morgan fingerprint density at radius 3 is 2.83 bits per heavy atom. The maximum absolute atomic E-state index is 11.8. The third kappa shape index (κ3) is 3.21. The van der Waals surface area contributed by atoms with Crippen LogP contribution in [0.25, 0.3) is 0 Å². The molecule has 0 aliphatic heterocycles. The van der Waals surface area contributed by atoms with Gasteiger partial charge in [0.2, 0.25) is 0 Å². The first-order valence-corrected chi connectivity index (χ1v) is 5.77. The number of nitrogens with zero attached hydrogens (tertiary/aromatic N) is 1. The van der Waals surface area contributed by atoms with Crippen LogP contribution in [0.1, 0.15) is 16.1 Å². The van der Waals surface area contributed by atoms with Crippen molar-refractivity contribution < 1.29 is 4.79 Å². The normalized spacial score (nSPS) is 10.1. The van der Waals surface area contributed by atoms with Gasteiger partial charge in [-0.15, -0.1) is 0 Å². The van der Waals surface area contributed by atoms with E-state index in [0.29, 0.717) is 22.9 Å². The number of halogens is 1. The van der Waals surface area contributed by atoms with E-state index in [4.69, 9.17) is 17.3 Å². The molecular weight excluding hydrogens is 250 g/mol. The molecule has 1 aromatic carbocycles. The molecule has 0 fully saturated rings. The Morgan fingerprint density at radius 2 is 2.17 bits per heavy atom. The minimum atomic E-state index is -0.241. The molecule has 0 saturated carbocycles. The van der Waals surface area contributed by atoms with E-state index in [1.165, 1.54) is 6.20 Å². The lowest BCUT2D eigenvalue weighted by Crippen LogP contribution is -2.23. The predicted octanol–water partition coefficient (Wildman–Crippen LogP) is 2.25. The molecule has 1 amide bonds. The lowest BCUT2D eigenvalue weighted by atomic mass is 10.2. The highest BCUT2D eigenvalue weighted by Gasteiger charge is 2.06. The van der Waals surface area contributed by atoms with E-state index < -0.39 is 0 Å². The fraction of sp³-hybridized carbons (Fsp3) is 0.0769. The van der Waals surface area contributed by atoms with Crippen LogP contribution < -0.4 is 11.1 Å². The summed E-state index contributed by atoms with van der Waals surface area (Å²) in [5, 5.41) is 3.41. The highest BCUT2D eigenvalue weighted by Crippen LogP contribution is 2.10. The van der Waals surface area contributed by atoms with E-state index >= 15 is 0 Å². The van der Waals surface area contributed by atoms with Crippen molar-refractivity contribution in [2.24, 2.45) is 0 Å². The molecule has 0 spiro atoms. The second-order valence-electron chi connectivity index (χ2n) is 3.79. The number of amides is 1. The Hall–Kier alpha value is -2.07. The maximum atomic E-state index is 11.8. The number of nitrogens with two attached hydrogens (primary N) is 1. The van der Waals surface area contributed by atoms with Crippen molar-refractivity contribution in [1.29, 1.82) is 0 Å². The van der Waals surface area contributed by atoms with Crippen molar-refractivity contribution in [2.45, 2.75) is 6.54 Å². The maximum Gasteiger partial charge on any atom is 0.270 e.